The fourth-order valence-corrected chi connectivity index (χ4v) is 2.33. The monoisotopic (exact) mass is 202 g/mol. The SMILES string of the molecule is CCc1ccc(C(=O)C2CCCC2)cc1. The Morgan fingerprint density at radius 2 is 1.80 bits per heavy atom. The Morgan fingerprint density at radius 3 is 2.33 bits per heavy atom. The van der Waals surface area contributed by atoms with Crippen molar-refractivity contribution in [2.24, 2.45) is 5.92 Å². The minimum atomic E-state index is 0.303. The van der Waals surface area contributed by atoms with E-state index in [0.717, 1.165) is 24.8 Å². The molecule has 80 valence electrons. The van der Waals surface area contributed by atoms with Crippen LogP contribution in [0.5, 0.6) is 0 Å². The minimum Gasteiger partial charge on any atom is -0.294 e. The van der Waals surface area contributed by atoms with E-state index in [-0.39, 0.29) is 0 Å². The molecule has 0 bridgehead atoms. The van der Waals surface area contributed by atoms with E-state index >= 15 is 0 Å². The van der Waals surface area contributed by atoms with E-state index in [4.69, 9.17) is 0 Å². The molecule has 0 radical (unpaired) electrons. The lowest BCUT2D eigenvalue weighted by atomic mass is 9.95. The maximum absolute atomic E-state index is 12.0. The first-order valence-corrected chi connectivity index (χ1v) is 5.94. The zero-order valence-corrected chi connectivity index (χ0v) is 9.33. The Kier molecular flexibility index (Phi) is 3.20. The van der Waals surface area contributed by atoms with Crippen LogP contribution in [0.25, 0.3) is 0 Å². The van der Waals surface area contributed by atoms with Gasteiger partial charge in [-0.05, 0) is 24.8 Å². The first-order chi connectivity index (χ1) is 7.31. The van der Waals surface area contributed by atoms with Crippen LogP contribution in [0.15, 0.2) is 24.3 Å². The fraction of sp³-hybridized carbons (Fsp3) is 0.500. The summed E-state index contributed by atoms with van der Waals surface area (Å²) in [5, 5.41) is 0. The number of rotatable bonds is 3. The number of aryl methyl sites for hydroxylation is 1. The van der Waals surface area contributed by atoms with Gasteiger partial charge in [-0.25, -0.2) is 0 Å². The lowest BCUT2D eigenvalue weighted by Crippen LogP contribution is -2.10. The summed E-state index contributed by atoms with van der Waals surface area (Å²) in [6.07, 6.45) is 5.67. The number of Topliss-reactive ketones (excluding diaryl/α,β-unsaturated/α-hetero) is 1. The highest BCUT2D eigenvalue weighted by Crippen LogP contribution is 2.28. The van der Waals surface area contributed by atoms with Gasteiger partial charge in [0.05, 0.1) is 0 Å². The zero-order valence-electron chi connectivity index (χ0n) is 9.33. The van der Waals surface area contributed by atoms with Gasteiger partial charge >= 0.3 is 0 Å². The predicted molar refractivity (Wildman–Crippen MR) is 62.1 cm³/mol. The van der Waals surface area contributed by atoms with Crippen LogP contribution in [-0.4, -0.2) is 5.78 Å². The van der Waals surface area contributed by atoms with Gasteiger partial charge in [0.25, 0.3) is 0 Å². The Labute approximate surface area is 91.5 Å². The first-order valence-electron chi connectivity index (χ1n) is 5.94. The van der Waals surface area contributed by atoms with Crippen molar-refractivity contribution in [3.8, 4) is 0 Å². The number of hydrogen-bond donors (Lipinski definition) is 0. The van der Waals surface area contributed by atoms with Crippen molar-refractivity contribution in [3.63, 3.8) is 0 Å². The third kappa shape index (κ3) is 2.28. The van der Waals surface area contributed by atoms with E-state index < -0.39 is 0 Å². The van der Waals surface area contributed by atoms with Gasteiger partial charge in [0, 0.05) is 11.5 Å². The smallest absolute Gasteiger partial charge is 0.165 e. The maximum Gasteiger partial charge on any atom is 0.165 e. The molecule has 0 N–H and O–H groups in total. The average Bonchev–Trinajstić information content (AvgIpc) is 2.82. The molecule has 1 aliphatic carbocycles. The third-order valence-electron chi connectivity index (χ3n) is 3.37. The summed E-state index contributed by atoms with van der Waals surface area (Å²) in [6, 6.07) is 8.11. The van der Waals surface area contributed by atoms with Gasteiger partial charge in [-0.2, -0.15) is 0 Å². The van der Waals surface area contributed by atoms with Gasteiger partial charge in [-0.1, -0.05) is 44.0 Å². The van der Waals surface area contributed by atoms with E-state index in [9.17, 15) is 4.79 Å². The molecule has 0 saturated heterocycles. The van der Waals surface area contributed by atoms with Crippen molar-refractivity contribution in [1.82, 2.24) is 0 Å². The number of carbonyl (C=O) groups excluding carboxylic acids is 1. The Balaban J connectivity index is 2.11. The highest BCUT2D eigenvalue weighted by atomic mass is 16.1. The molecule has 1 saturated carbocycles. The van der Waals surface area contributed by atoms with Crippen LogP contribution in [-0.2, 0) is 6.42 Å². The second kappa shape index (κ2) is 4.61. The van der Waals surface area contributed by atoms with Crippen molar-refractivity contribution in [3.05, 3.63) is 35.4 Å². The van der Waals surface area contributed by atoms with Crippen LogP contribution in [0.2, 0.25) is 0 Å². The number of ketones is 1. The Hall–Kier alpha value is -1.11. The van der Waals surface area contributed by atoms with Crippen molar-refractivity contribution >= 4 is 5.78 Å². The van der Waals surface area contributed by atoms with Crippen molar-refractivity contribution in [2.45, 2.75) is 39.0 Å². The van der Waals surface area contributed by atoms with Gasteiger partial charge in [0.15, 0.2) is 5.78 Å². The molecule has 1 aromatic carbocycles. The van der Waals surface area contributed by atoms with Gasteiger partial charge < -0.3 is 0 Å². The quantitative estimate of drug-likeness (QED) is 0.684. The number of carbonyl (C=O) groups is 1. The summed E-state index contributed by atoms with van der Waals surface area (Å²) < 4.78 is 0. The topological polar surface area (TPSA) is 17.1 Å². The molecule has 2 rings (SSSR count). The highest BCUT2D eigenvalue weighted by molar-refractivity contribution is 5.98. The molecule has 1 nitrogen and oxygen atoms in total. The third-order valence-corrected chi connectivity index (χ3v) is 3.37. The summed E-state index contributed by atoms with van der Waals surface area (Å²) in [7, 11) is 0. The van der Waals surface area contributed by atoms with Crippen molar-refractivity contribution in [2.75, 3.05) is 0 Å². The minimum absolute atomic E-state index is 0.303. The van der Waals surface area contributed by atoms with Gasteiger partial charge in [-0.15, -0.1) is 0 Å². The van der Waals surface area contributed by atoms with E-state index in [1.807, 2.05) is 12.1 Å². The molecular formula is C14H18O. The zero-order chi connectivity index (χ0) is 10.7. The second-order valence-electron chi connectivity index (χ2n) is 4.40. The van der Waals surface area contributed by atoms with E-state index in [0.29, 0.717) is 11.7 Å². The summed E-state index contributed by atoms with van der Waals surface area (Å²) in [6.45, 7) is 2.13. The normalized spacial score (nSPS) is 16.9. The molecule has 0 spiro atoms. The van der Waals surface area contributed by atoms with Crippen LogP contribution < -0.4 is 0 Å². The highest BCUT2D eigenvalue weighted by Gasteiger charge is 2.23. The van der Waals surface area contributed by atoms with E-state index in [2.05, 4.69) is 19.1 Å². The predicted octanol–water partition coefficient (Wildman–Crippen LogP) is 3.62. The van der Waals surface area contributed by atoms with Crippen LogP contribution in [0.4, 0.5) is 0 Å². The molecular weight excluding hydrogens is 184 g/mol. The van der Waals surface area contributed by atoms with Crippen LogP contribution >= 0.6 is 0 Å². The standard InChI is InChI=1S/C14H18O/c1-2-11-7-9-13(10-8-11)14(15)12-5-3-4-6-12/h7-10,12H,2-6H2,1H3. The maximum atomic E-state index is 12.0. The first kappa shape index (κ1) is 10.4. The molecule has 1 aliphatic rings. The molecule has 15 heavy (non-hydrogen) atoms. The molecule has 0 atom stereocenters. The summed E-state index contributed by atoms with van der Waals surface area (Å²) in [5.41, 5.74) is 2.21. The molecule has 0 aliphatic heterocycles. The average molecular weight is 202 g/mol. The molecule has 0 unspecified atom stereocenters. The van der Waals surface area contributed by atoms with Gasteiger partial charge in [0.2, 0.25) is 0 Å². The van der Waals surface area contributed by atoms with Crippen LogP contribution in [0.1, 0.15) is 48.5 Å². The lowest BCUT2D eigenvalue weighted by molar-refractivity contribution is 0.0923. The Bertz CT molecular complexity index is 331. The largest absolute Gasteiger partial charge is 0.294 e. The fourth-order valence-electron chi connectivity index (χ4n) is 2.33. The summed E-state index contributed by atoms with van der Waals surface area (Å²) in [5.74, 6) is 0.660. The summed E-state index contributed by atoms with van der Waals surface area (Å²) >= 11 is 0. The number of benzene rings is 1. The summed E-state index contributed by atoms with van der Waals surface area (Å²) in [4.78, 5) is 12.0. The second-order valence-corrected chi connectivity index (χ2v) is 4.40. The molecule has 1 heteroatoms. The van der Waals surface area contributed by atoms with Crippen LogP contribution in [0, 0.1) is 5.92 Å². The van der Waals surface area contributed by atoms with E-state index in [1.165, 1.54) is 18.4 Å². The van der Waals surface area contributed by atoms with Gasteiger partial charge in [0.1, 0.15) is 0 Å². The molecule has 0 amide bonds. The molecule has 0 heterocycles. The number of hydrogen-bond acceptors (Lipinski definition) is 1. The van der Waals surface area contributed by atoms with E-state index in [1.54, 1.807) is 0 Å². The Morgan fingerprint density at radius 1 is 1.20 bits per heavy atom. The van der Waals surface area contributed by atoms with Crippen molar-refractivity contribution < 1.29 is 4.79 Å². The molecule has 1 aromatic rings. The molecule has 1 fully saturated rings. The van der Waals surface area contributed by atoms with Crippen molar-refractivity contribution in [1.29, 1.82) is 0 Å². The van der Waals surface area contributed by atoms with Gasteiger partial charge in [-0.3, -0.25) is 4.79 Å². The molecule has 0 aromatic heterocycles. The lowest BCUT2D eigenvalue weighted by Gasteiger charge is -2.08. The van der Waals surface area contributed by atoms with Crippen LogP contribution in [0.3, 0.4) is 0 Å².